The molecule has 0 saturated heterocycles. The van der Waals surface area contributed by atoms with E-state index in [-0.39, 0.29) is 31.7 Å². The molecule has 1 nitrogen and oxygen atoms in total. The van der Waals surface area contributed by atoms with Crippen LogP contribution in [0.4, 0.5) is 0 Å². The Bertz CT molecular complexity index is 424. The van der Waals surface area contributed by atoms with Crippen LogP contribution in [0.15, 0.2) is 0 Å². The molecule has 4 fully saturated rings. The third kappa shape index (κ3) is 12.4. The minimum absolute atomic E-state index is 0. The van der Waals surface area contributed by atoms with Crippen LogP contribution in [0.5, 0.6) is 0 Å². The van der Waals surface area contributed by atoms with Crippen LogP contribution in [-0.4, -0.2) is 13.6 Å². The van der Waals surface area contributed by atoms with Crippen LogP contribution in [0.3, 0.4) is 0 Å². The van der Waals surface area contributed by atoms with E-state index in [1.54, 1.807) is 35.5 Å². The summed E-state index contributed by atoms with van der Waals surface area (Å²) < 4.78 is 0. The van der Waals surface area contributed by atoms with E-state index in [4.69, 9.17) is 5.73 Å². The van der Waals surface area contributed by atoms with Crippen molar-refractivity contribution in [3.8, 4) is 0 Å². The first-order valence-corrected chi connectivity index (χ1v) is 15.8. The zero-order chi connectivity index (χ0) is 22.4. The van der Waals surface area contributed by atoms with Gasteiger partial charge in [-0.3, -0.25) is 0 Å². The summed E-state index contributed by atoms with van der Waals surface area (Å²) in [7, 11) is -0.861. The van der Waals surface area contributed by atoms with E-state index in [2.05, 4.69) is 51.9 Å². The van der Waals surface area contributed by atoms with Crippen molar-refractivity contribution in [1.82, 2.24) is 0 Å². The van der Waals surface area contributed by atoms with Crippen LogP contribution in [0, 0.1) is 67.7 Å². The summed E-state index contributed by atoms with van der Waals surface area (Å²) in [4.78, 5) is 0. The molecule has 4 saturated carbocycles. The van der Waals surface area contributed by atoms with E-state index in [0.717, 1.165) is 0 Å². The topological polar surface area (TPSA) is 23.8 Å². The van der Waals surface area contributed by atoms with Crippen molar-refractivity contribution in [3.63, 3.8) is 0 Å². The van der Waals surface area contributed by atoms with Crippen LogP contribution in [0.2, 0.25) is 19.6 Å². The third-order valence-corrected chi connectivity index (χ3v) is 5.43. The molecule has 10 radical (unpaired) electrons. The quantitative estimate of drug-likeness (QED) is 0.265. The molecule has 0 heterocycles. The molecular weight excluding hydrogens is 470 g/mol. The average Bonchev–Trinajstić information content (AvgIpc) is 3.21. The molecule has 4 aliphatic rings. The van der Waals surface area contributed by atoms with Gasteiger partial charge in [0.15, 0.2) is 0 Å². The number of rotatable bonds is 3. The Hall–Kier alpha value is 1.06. The standard InChI is InChI=1S/C20H24.C4H10N.C4H11Si.Zr/c1-3-7-19-15(5-1)9-11-17(19)13-14-18-12-10-16-6-2-4-8-20(16)18;1-4(2,3)5;1-5(2,3)4;/h9-12H,1-8,13-14H2;5H,1-3H3;1H2,2-4H3;/q;2*-1;+4. The Labute approximate surface area is 217 Å². The van der Waals surface area contributed by atoms with E-state index in [9.17, 15) is 0 Å². The Morgan fingerprint density at radius 3 is 1.35 bits per heavy atom. The minimum Gasteiger partial charge on any atom is -0.673 e. The summed E-state index contributed by atoms with van der Waals surface area (Å²) in [5.74, 6) is 10.00. The molecule has 4 aliphatic carbocycles. The van der Waals surface area contributed by atoms with Gasteiger partial charge in [0.05, 0.1) is 0 Å². The largest absolute Gasteiger partial charge is 4.00 e. The van der Waals surface area contributed by atoms with E-state index >= 15 is 0 Å². The van der Waals surface area contributed by atoms with Gasteiger partial charge in [0.1, 0.15) is 0 Å². The SMILES string of the molecule is CC(C)(C)[NH-].[CH2-][Si](C)(C)C.[CH]1[CH][C](CC[C]2[CH][CH][C]3CCCC[C]32)[C]2CCCC[C]12.[Zr+4]. The van der Waals surface area contributed by atoms with Crippen molar-refractivity contribution in [1.29, 1.82) is 0 Å². The monoisotopic (exact) mass is 513 g/mol. The predicted octanol–water partition coefficient (Wildman–Crippen LogP) is 8.74. The smallest absolute Gasteiger partial charge is 0.673 e. The molecule has 0 aromatic heterocycles. The molecule has 1 N–H and O–H groups in total. The van der Waals surface area contributed by atoms with Crippen molar-refractivity contribution in [2.45, 2.75) is 110 Å². The Kier molecular flexibility index (Phi) is 13.4. The van der Waals surface area contributed by atoms with Crippen molar-refractivity contribution in [2.75, 3.05) is 0 Å². The summed E-state index contributed by atoms with van der Waals surface area (Å²) in [5, 5.41) is 0. The van der Waals surface area contributed by atoms with E-state index in [0.29, 0.717) is 0 Å². The normalized spacial score (nSPS) is 24.4. The molecule has 4 rings (SSSR count). The fourth-order valence-corrected chi connectivity index (χ4v) is 4.30. The Morgan fingerprint density at radius 1 is 0.742 bits per heavy atom. The first-order chi connectivity index (χ1) is 13.9. The molecule has 0 aliphatic heterocycles. The van der Waals surface area contributed by atoms with Crippen LogP contribution in [0.1, 0.15) is 85.0 Å². The summed E-state index contributed by atoms with van der Waals surface area (Å²) in [6.07, 6.45) is 23.0. The molecule has 0 amide bonds. The minimum atomic E-state index is -0.861. The number of fused-ring (bicyclic) bond motifs is 2. The van der Waals surface area contributed by atoms with Gasteiger partial charge >= 0.3 is 26.2 Å². The molecule has 168 valence electrons. The first-order valence-electron chi connectivity index (χ1n) is 12.0. The van der Waals surface area contributed by atoms with Crippen molar-refractivity contribution in [3.05, 3.63) is 73.5 Å². The summed E-state index contributed by atoms with van der Waals surface area (Å²) in [5.41, 5.74) is 6.69. The maximum absolute atomic E-state index is 6.94. The number of hydrogen-bond acceptors (Lipinski definition) is 0. The maximum atomic E-state index is 6.94. The molecular formula is C28H45NSiZr+2. The van der Waals surface area contributed by atoms with Crippen molar-refractivity contribution in [2.24, 2.45) is 0 Å². The predicted molar refractivity (Wildman–Crippen MR) is 136 cm³/mol. The molecule has 3 heteroatoms. The van der Waals surface area contributed by atoms with Crippen LogP contribution in [0.25, 0.3) is 5.73 Å². The molecule has 0 spiro atoms. The van der Waals surface area contributed by atoms with Gasteiger partial charge in [-0.25, -0.2) is 0 Å². The second-order valence-corrected chi connectivity index (χ2v) is 16.6. The average molecular weight is 515 g/mol. The van der Waals surface area contributed by atoms with Gasteiger partial charge in [-0.2, -0.15) is 0 Å². The molecule has 0 unspecified atom stereocenters. The van der Waals surface area contributed by atoms with Gasteiger partial charge in [0.2, 0.25) is 0 Å². The molecule has 0 bridgehead atoms. The van der Waals surface area contributed by atoms with Gasteiger partial charge in [0.25, 0.3) is 0 Å². The summed E-state index contributed by atoms with van der Waals surface area (Å²) >= 11 is 0. The second-order valence-electron chi connectivity index (χ2n) is 11.4. The second kappa shape index (κ2) is 13.8. The zero-order valence-electron chi connectivity index (χ0n) is 21.1. The van der Waals surface area contributed by atoms with Gasteiger partial charge in [-0.1, -0.05) is 66.1 Å². The molecule has 31 heavy (non-hydrogen) atoms. The molecule has 0 aromatic rings. The van der Waals surface area contributed by atoms with E-state index in [1.165, 1.54) is 64.2 Å². The van der Waals surface area contributed by atoms with Crippen molar-refractivity contribution < 1.29 is 26.2 Å². The Morgan fingerprint density at radius 2 is 1.03 bits per heavy atom. The molecule has 0 aromatic carbocycles. The fraction of sp³-hybridized carbons (Fsp3) is 0.607. The van der Waals surface area contributed by atoms with Crippen molar-refractivity contribution >= 4 is 8.07 Å². The van der Waals surface area contributed by atoms with Gasteiger partial charge in [-0.15, -0.1) is 13.6 Å². The number of nitrogens with one attached hydrogen (secondary N) is 1. The maximum Gasteiger partial charge on any atom is 4.00 e. The van der Waals surface area contributed by atoms with Crippen LogP contribution < -0.4 is 0 Å². The van der Waals surface area contributed by atoms with Gasteiger partial charge < -0.3 is 12.3 Å². The van der Waals surface area contributed by atoms with E-state index in [1.807, 2.05) is 20.8 Å². The van der Waals surface area contributed by atoms with Gasteiger partial charge in [-0.05, 0) is 99.7 Å². The summed E-state index contributed by atoms with van der Waals surface area (Å²) in [6, 6.07) is 0. The fourth-order valence-electron chi connectivity index (χ4n) is 4.30. The van der Waals surface area contributed by atoms with Crippen LogP contribution >= 0.6 is 0 Å². The summed E-state index contributed by atoms with van der Waals surface area (Å²) in [6.45, 7) is 16.1. The zero-order valence-corrected chi connectivity index (χ0v) is 24.5. The van der Waals surface area contributed by atoms with Gasteiger partial charge in [0, 0.05) is 0 Å². The third-order valence-electron chi connectivity index (χ3n) is 5.43. The Balaban J connectivity index is 0.000000372. The van der Waals surface area contributed by atoms with E-state index < -0.39 is 8.07 Å². The number of hydrogen-bond donors (Lipinski definition) is 0. The van der Waals surface area contributed by atoms with Crippen LogP contribution in [-0.2, 0) is 26.2 Å². The first kappa shape index (κ1) is 30.1. The molecule has 0 atom stereocenters.